The Hall–Kier alpha value is -4.60. The summed E-state index contributed by atoms with van der Waals surface area (Å²) < 4.78 is 10.7. The number of hydrogen-bond acceptors (Lipinski definition) is 6. The van der Waals surface area contributed by atoms with Crippen LogP contribution < -0.4 is 16.0 Å². The summed E-state index contributed by atoms with van der Waals surface area (Å²) >= 11 is 0. The van der Waals surface area contributed by atoms with E-state index in [0.29, 0.717) is 12.8 Å². The number of amides is 4. The number of alkyl carbamates (subject to hydrolysis) is 2. The molecule has 2 aromatic carbocycles. The molecule has 4 amide bonds. The fraction of sp³-hybridized carbons (Fsp3) is 0.444. The van der Waals surface area contributed by atoms with Crippen LogP contribution in [-0.2, 0) is 32.1 Å². The van der Waals surface area contributed by atoms with E-state index in [1.54, 1.807) is 39.0 Å². The Kier molecular flexibility index (Phi) is 14.8. The Balaban J connectivity index is 1.62. The van der Waals surface area contributed by atoms with Gasteiger partial charge >= 0.3 is 12.2 Å². The molecule has 1 saturated heterocycles. The minimum absolute atomic E-state index is 0.0211. The second kappa shape index (κ2) is 19.0. The smallest absolute Gasteiger partial charge is 0.408 e. The number of carbonyl (C=O) groups is 4. The van der Waals surface area contributed by atoms with Crippen molar-refractivity contribution in [2.75, 3.05) is 19.6 Å². The van der Waals surface area contributed by atoms with E-state index >= 15 is 0 Å². The number of likely N-dealkylation sites (tertiary alicyclic amines) is 1. The summed E-state index contributed by atoms with van der Waals surface area (Å²) in [7, 11) is 0. The van der Waals surface area contributed by atoms with E-state index in [1.807, 2.05) is 71.6 Å². The molecule has 10 heteroatoms. The van der Waals surface area contributed by atoms with Crippen molar-refractivity contribution in [1.82, 2.24) is 20.9 Å². The molecule has 0 spiro atoms. The molecule has 1 fully saturated rings. The summed E-state index contributed by atoms with van der Waals surface area (Å²) in [6.07, 6.45) is 9.90. The fourth-order valence-electron chi connectivity index (χ4n) is 4.86. The molecule has 10 nitrogen and oxygen atoms in total. The van der Waals surface area contributed by atoms with Gasteiger partial charge in [0.05, 0.1) is 6.04 Å². The minimum Gasteiger partial charge on any atom is -0.445 e. The molecule has 1 aliphatic rings. The van der Waals surface area contributed by atoms with Gasteiger partial charge in [0.2, 0.25) is 11.8 Å². The monoisotopic (exact) mass is 632 g/mol. The van der Waals surface area contributed by atoms with Gasteiger partial charge in [-0.1, -0.05) is 78.9 Å². The lowest BCUT2D eigenvalue weighted by molar-refractivity contribution is -0.127. The van der Waals surface area contributed by atoms with Crippen LogP contribution in [0.25, 0.3) is 0 Å². The molecule has 1 aliphatic heterocycles. The lowest BCUT2D eigenvalue weighted by Gasteiger charge is -2.25. The number of nitrogens with one attached hydrogen (secondary N) is 3. The maximum absolute atomic E-state index is 13.6. The zero-order valence-electron chi connectivity index (χ0n) is 27.2. The first kappa shape index (κ1) is 35.9. The number of rotatable bonds is 14. The first-order chi connectivity index (χ1) is 22.1. The van der Waals surface area contributed by atoms with Crippen LogP contribution in [-0.4, -0.2) is 66.2 Å². The summed E-state index contributed by atoms with van der Waals surface area (Å²) in [5.41, 5.74) is 1.14. The number of piperidine rings is 1. The SMILES string of the molecule is CC(C)(C)OC(=O)N[C@@H](CCCNC(=O)OCc1ccccc1)C(=O)N[C@H](/C=C/C=C/C(=O)N1CCCCC1)Cc1ccccc1. The van der Waals surface area contributed by atoms with E-state index in [0.717, 1.165) is 43.5 Å². The predicted octanol–water partition coefficient (Wildman–Crippen LogP) is 5.44. The highest BCUT2D eigenvalue weighted by atomic mass is 16.6. The maximum atomic E-state index is 13.6. The van der Waals surface area contributed by atoms with E-state index in [-0.39, 0.29) is 25.5 Å². The van der Waals surface area contributed by atoms with Gasteiger partial charge in [0.1, 0.15) is 18.2 Å². The Morgan fingerprint density at radius 1 is 0.848 bits per heavy atom. The second-order valence-corrected chi connectivity index (χ2v) is 12.3. The minimum atomic E-state index is -0.917. The van der Waals surface area contributed by atoms with Gasteiger partial charge in [0, 0.05) is 25.7 Å². The summed E-state index contributed by atoms with van der Waals surface area (Å²) in [5, 5.41) is 8.42. The number of hydrogen-bond donors (Lipinski definition) is 3. The standard InChI is InChI=1S/C36H48N4O6/c1-36(2,3)46-35(44)39-31(21-15-23-37-34(43)45-27-29-18-9-5-10-19-29)33(42)38-30(26-28-16-7-4-8-17-28)20-11-12-22-32(41)40-24-13-6-14-25-40/h4-5,7-12,16-20,22,30-31H,6,13-15,21,23-27H2,1-3H3,(H,37,43)(H,38,42)(H,39,44)/b20-11+,22-12+/t30-,31+/m1/s1. The highest BCUT2D eigenvalue weighted by Gasteiger charge is 2.25. The fourth-order valence-corrected chi connectivity index (χ4v) is 4.86. The highest BCUT2D eigenvalue weighted by molar-refractivity contribution is 5.88. The first-order valence-electron chi connectivity index (χ1n) is 16.0. The summed E-state index contributed by atoms with van der Waals surface area (Å²) in [6.45, 7) is 7.18. The molecular weight excluding hydrogens is 584 g/mol. The molecule has 46 heavy (non-hydrogen) atoms. The van der Waals surface area contributed by atoms with Gasteiger partial charge < -0.3 is 30.3 Å². The Morgan fingerprint density at radius 3 is 2.15 bits per heavy atom. The maximum Gasteiger partial charge on any atom is 0.408 e. The quantitative estimate of drug-likeness (QED) is 0.145. The number of ether oxygens (including phenoxy) is 2. The van der Waals surface area contributed by atoms with E-state index in [1.165, 1.54) is 0 Å². The first-order valence-corrected chi connectivity index (χ1v) is 16.0. The van der Waals surface area contributed by atoms with Crippen molar-refractivity contribution >= 4 is 24.0 Å². The van der Waals surface area contributed by atoms with Gasteiger partial charge in [-0.15, -0.1) is 0 Å². The molecule has 0 aromatic heterocycles. The summed E-state index contributed by atoms with van der Waals surface area (Å²) in [4.78, 5) is 52.8. The largest absolute Gasteiger partial charge is 0.445 e. The van der Waals surface area contributed by atoms with Crippen molar-refractivity contribution in [3.63, 3.8) is 0 Å². The van der Waals surface area contributed by atoms with Crippen LogP contribution in [0.1, 0.15) is 64.0 Å². The summed E-state index contributed by atoms with van der Waals surface area (Å²) in [6, 6.07) is 17.8. The molecule has 0 radical (unpaired) electrons. The van der Waals surface area contributed by atoms with Gasteiger partial charge in [-0.3, -0.25) is 9.59 Å². The van der Waals surface area contributed by atoms with E-state index < -0.39 is 35.8 Å². The van der Waals surface area contributed by atoms with Crippen LogP contribution in [0.3, 0.4) is 0 Å². The average molecular weight is 633 g/mol. The number of carbonyl (C=O) groups excluding carboxylic acids is 4. The highest BCUT2D eigenvalue weighted by Crippen LogP contribution is 2.11. The van der Waals surface area contributed by atoms with Crippen molar-refractivity contribution in [1.29, 1.82) is 0 Å². The normalized spacial score (nSPS) is 14.8. The molecule has 3 rings (SSSR count). The van der Waals surface area contributed by atoms with Crippen molar-refractivity contribution in [2.24, 2.45) is 0 Å². The molecule has 2 atom stereocenters. The third-order valence-corrected chi connectivity index (χ3v) is 7.15. The van der Waals surface area contributed by atoms with Crippen molar-refractivity contribution < 1.29 is 28.7 Å². The molecule has 0 unspecified atom stereocenters. The molecule has 1 heterocycles. The Morgan fingerprint density at radius 2 is 1.50 bits per heavy atom. The van der Waals surface area contributed by atoms with Crippen LogP contribution in [0, 0.1) is 0 Å². The van der Waals surface area contributed by atoms with Gasteiger partial charge in [0.15, 0.2) is 0 Å². The molecule has 0 bridgehead atoms. The number of nitrogens with zero attached hydrogens (tertiary/aromatic N) is 1. The van der Waals surface area contributed by atoms with Crippen LogP contribution in [0.5, 0.6) is 0 Å². The third kappa shape index (κ3) is 14.5. The zero-order valence-corrected chi connectivity index (χ0v) is 27.2. The average Bonchev–Trinajstić information content (AvgIpc) is 3.03. The molecule has 2 aromatic rings. The zero-order chi connectivity index (χ0) is 33.2. The Bertz CT molecular complexity index is 1300. The van der Waals surface area contributed by atoms with Crippen molar-refractivity contribution in [2.45, 2.75) is 83.6 Å². The second-order valence-electron chi connectivity index (χ2n) is 12.3. The van der Waals surface area contributed by atoms with Crippen molar-refractivity contribution in [3.8, 4) is 0 Å². The topological polar surface area (TPSA) is 126 Å². The molecule has 0 aliphatic carbocycles. The van der Waals surface area contributed by atoms with Crippen LogP contribution >= 0.6 is 0 Å². The number of benzene rings is 2. The molecular formula is C36H48N4O6. The van der Waals surface area contributed by atoms with Crippen LogP contribution in [0.2, 0.25) is 0 Å². The van der Waals surface area contributed by atoms with Gasteiger partial charge in [-0.25, -0.2) is 9.59 Å². The Labute approximate surface area is 272 Å². The molecule has 0 saturated carbocycles. The predicted molar refractivity (Wildman–Crippen MR) is 178 cm³/mol. The van der Waals surface area contributed by atoms with E-state index in [9.17, 15) is 19.2 Å². The lowest BCUT2D eigenvalue weighted by Crippen LogP contribution is -2.51. The van der Waals surface area contributed by atoms with Gasteiger partial charge in [0.25, 0.3) is 0 Å². The lowest BCUT2D eigenvalue weighted by atomic mass is 10.0. The third-order valence-electron chi connectivity index (χ3n) is 7.15. The summed E-state index contributed by atoms with van der Waals surface area (Å²) in [5.74, 6) is -0.413. The van der Waals surface area contributed by atoms with Crippen LogP contribution in [0.4, 0.5) is 9.59 Å². The van der Waals surface area contributed by atoms with Gasteiger partial charge in [-0.05, 0) is 70.4 Å². The van der Waals surface area contributed by atoms with E-state index in [4.69, 9.17) is 9.47 Å². The van der Waals surface area contributed by atoms with Gasteiger partial charge in [-0.2, -0.15) is 0 Å². The van der Waals surface area contributed by atoms with Crippen LogP contribution in [0.15, 0.2) is 85.0 Å². The molecule has 3 N–H and O–H groups in total. The van der Waals surface area contributed by atoms with Crippen molar-refractivity contribution in [3.05, 3.63) is 96.1 Å². The number of allylic oxidation sites excluding steroid dienone is 2. The molecule has 248 valence electrons. The van der Waals surface area contributed by atoms with E-state index in [2.05, 4.69) is 16.0 Å².